The number of allylic oxidation sites excluding steroid dienone is 2. The van der Waals surface area contributed by atoms with Crippen molar-refractivity contribution in [2.24, 2.45) is 0 Å². The molecule has 0 bridgehead atoms. The number of hydrogen-bond acceptors (Lipinski definition) is 8. The maximum absolute atomic E-state index is 9.36. The van der Waals surface area contributed by atoms with Crippen LogP contribution in [0.4, 0.5) is 0 Å². The summed E-state index contributed by atoms with van der Waals surface area (Å²) in [6.45, 7) is 10.8. The normalized spacial score (nSPS) is 11.3. The van der Waals surface area contributed by atoms with Crippen LogP contribution in [-0.4, -0.2) is 0 Å². The highest BCUT2D eigenvalue weighted by molar-refractivity contribution is 7.30. The Hall–Kier alpha value is -3.55. The molecule has 0 aliphatic rings. The molecule has 0 spiro atoms. The van der Waals surface area contributed by atoms with Crippen LogP contribution in [0.25, 0.3) is 51.2 Å². The summed E-state index contributed by atoms with van der Waals surface area (Å²) in [4.78, 5) is 12.7. The summed E-state index contributed by atoms with van der Waals surface area (Å²) >= 11 is 9.19. The molecule has 48 heavy (non-hydrogen) atoms. The molecule has 0 fully saturated rings. The van der Waals surface area contributed by atoms with Gasteiger partial charge in [-0.15, -0.1) is 56.7 Å². The van der Waals surface area contributed by atoms with E-state index < -0.39 is 0 Å². The minimum atomic E-state index is 0.140. The average molecular weight is 722 g/mol. The van der Waals surface area contributed by atoms with Crippen molar-refractivity contribution in [2.75, 3.05) is 0 Å². The third-order valence-electron chi connectivity index (χ3n) is 7.92. The zero-order valence-corrected chi connectivity index (χ0v) is 32.2. The van der Waals surface area contributed by atoms with E-state index in [9.17, 15) is 15.8 Å². The molecule has 8 heteroatoms. The molecule has 0 N–H and O–H groups in total. The Labute approximate surface area is 305 Å². The van der Waals surface area contributed by atoms with Crippen molar-refractivity contribution in [1.82, 2.24) is 0 Å². The molecule has 0 unspecified atom stereocenters. The molecule has 5 rings (SSSR count). The van der Waals surface area contributed by atoms with E-state index in [1.165, 1.54) is 61.3 Å². The van der Waals surface area contributed by atoms with Gasteiger partial charge >= 0.3 is 0 Å². The summed E-state index contributed by atoms with van der Waals surface area (Å²) in [5.41, 5.74) is 6.36. The molecule has 5 aromatic heterocycles. The molecule has 0 saturated heterocycles. The Morgan fingerprint density at radius 1 is 0.521 bits per heavy atom. The Morgan fingerprint density at radius 3 is 1.31 bits per heavy atom. The van der Waals surface area contributed by atoms with Gasteiger partial charge in [-0.3, -0.25) is 0 Å². The van der Waals surface area contributed by atoms with E-state index in [0.29, 0.717) is 0 Å². The maximum Gasteiger partial charge on any atom is 0.131 e. The molecule has 0 radical (unpaired) electrons. The summed E-state index contributed by atoms with van der Waals surface area (Å²) in [6.07, 6.45) is 12.1. The Balaban J connectivity index is 1.55. The lowest BCUT2D eigenvalue weighted by Crippen LogP contribution is -1.82. The van der Waals surface area contributed by atoms with Crippen molar-refractivity contribution in [3.63, 3.8) is 0 Å². The molecule has 0 amide bonds. The van der Waals surface area contributed by atoms with Gasteiger partial charge in [0.05, 0.1) is 6.07 Å². The highest BCUT2D eigenvalue weighted by atomic mass is 32.1. The van der Waals surface area contributed by atoms with Crippen LogP contribution < -0.4 is 0 Å². The van der Waals surface area contributed by atoms with Gasteiger partial charge in [-0.2, -0.15) is 15.8 Å². The fourth-order valence-corrected chi connectivity index (χ4v) is 12.2. The van der Waals surface area contributed by atoms with E-state index in [1.54, 1.807) is 17.4 Å². The predicted octanol–water partition coefficient (Wildman–Crippen LogP) is 13.8. The fourth-order valence-electron chi connectivity index (χ4n) is 5.84. The minimum absolute atomic E-state index is 0.140. The molecule has 3 nitrogen and oxygen atoms in total. The summed E-state index contributed by atoms with van der Waals surface area (Å²) in [5.74, 6) is 0. The Bertz CT molecular complexity index is 2070. The number of rotatable bonds is 14. The standard InChI is InChI=1S/C40H39N3S5/c1-6-10-27-18-31(16-25(5)22-41)44-39(27)35-20-29(12-8-3)37(47-35)33-14-15-34(46-33)38-30(13-9-4)21-36(48-38)40-28(11-7-2)19-32(45-40)17-26(23-42)24-43/h14-21H,6-13H2,1-5H3. The minimum Gasteiger partial charge on any atom is -0.193 e. The van der Waals surface area contributed by atoms with Gasteiger partial charge in [0.2, 0.25) is 0 Å². The zero-order valence-electron chi connectivity index (χ0n) is 28.2. The second-order valence-electron chi connectivity index (χ2n) is 11.8. The third-order valence-corrected chi connectivity index (χ3v) is 14.3. The third kappa shape index (κ3) is 8.01. The van der Waals surface area contributed by atoms with E-state index in [1.807, 2.05) is 70.5 Å². The van der Waals surface area contributed by atoms with E-state index >= 15 is 0 Å². The molecule has 5 aromatic rings. The van der Waals surface area contributed by atoms with Crippen molar-refractivity contribution in [2.45, 2.75) is 86.0 Å². The quantitative estimate of drug-likeness (QED) is 0.107. The first-order chi connectivity index (χ1) is 23.3. The van der Waals surface area contributed by atoms with Gasteiger partial charge in [0.15, 0.2) is 0 Å². The highest BCUT2D eigenvalue weighted by Gasteiger charge is 2.21. The van der Waals surface area contributed by atoms with Gasteiger partial charge in [0.25, 0.3) is 0 Å². The van der Waals surface area contributed by atoms with Gasteiger partial charge in [-0.1, -0.05) is 53.4 Å². The van der Waals surface area contributed by atoms with Gasteiger partial charge < -0.3 is 0 Å². The first kappa shape index (κ1) is 35.7. The number of nitriles is 3. The lowest BCUT2D eigenvalue weighted by molar-refractivity contribution is 0.926. The zero-order chi connectivity index (χ0) is 34.2. The van der Waals surface area contributed by atoms with Crippen molar-refractivity contribution >= 4 is 68.8 Å². The smallest absolute Gasteiger partial charge is 0.131 e. The van der Waals surface area contributed by atoms with Crippen LogP contribution in [0.1, 0.15) is 92.3 Å². The summed E-state index contributed by atoms with van der Waals surface area (Å²) in [7, 11) is 0. The fraction of sp³-hybridized carbons (Fsp3) is 0.325. The van der Waals surface area contributed by atoms with Crippen LogP contribution in [0.2, 0.25) is 0 Å². The van der Waals surface area contributed by atoms with Crippen LogP contribution in [0.5, 0.6) is 0 Å². The summed E-state index contributed by atoms with van der Waals surface area (Å²) < 4.78 is 0. The van der Waals surface area contributed by atoms with E-state index in [4.69, 9.17) is 0 Å². The molecule has 244 valence electrons. The topological polar surface area (TPSA) is 71.4 Å². The molecule has 0 saturated carbocycles. The first-order valence-corrected chi connectivity index (χ1v) is 20.7. The van der Waals surface area contributed by atoms with Gasteiger partial charge in [0.1, 0.15) is 17.7 Å². The number of hydrogen-bond donors (Lipinski definition) is 0. The largest absolute Gasteiger partial charge is 0.193 e. The van der Waals surface area contributed by atoms with Crippen LogP contribution in [0.3, 0.4) is 0 Å². The first-order valence-electron chi connectivity index (χ1n) is 16.6. The monoisotopic (exact) mass is 721 g/mol. The van der Waals surface area contributed by atoms with Crippen LogP contribution in [0, 0.1) is 34.0 Å². The van der Waals surface area contributed by atoms with Crippen LogP contribution >= 0.6 is 56.7 Å². The molecular formula is C40H39N3S5. The summed E-state index contributed by atoms with van der Waals surface area (Å²) in [6, 6.07) is 20.2. The van der Waals surface area contributed by atoms with Gasteiger partial charge in [0, 0.05) is 54.3 Å². The molecular weight excluding hydrogens is 683 g/mol. The lowest BCUT2D eigenvalue weighted by Gasteiger charge is -2.00. The Kier molecular flexibility index (Phi) is 12.4. The molecule has 0 aliphatic heterocycles. The molecule has 0 atom stereocenters. The van der Waals surface area contributed by atoms with E-state index in [0.717, 1.165) is 66.7 Å². The lowest BCUT2D eigenvalue weighted by atomic mass is 10.1. The van der Waals surface area contributed by atoms with Crippen LogP contribution in [0.15, 0.2) is 47.5 Å². The Morgan fingerprint density at radius 2 is 0.917 bits per heavy atom. The summed E-state index contributed by atoms with van der Waals surface area (Å²) in [5, 5.41) is 28.0. The highest BCUT2D eigenvalue weighted by Crippen LogP contribution is 2.49. The molecule has 5 heterocycles. The molecule has 0 aliphatic carbocycles. The van der Waals surface area contributed by atoms with Crippen molar-refractivity contribution < 1.29 is 0 Å². The molecule has 0 aromatic carbocycles. The predicted molar refractivity (Wildman–Crippen MR) is 212 cm³/mol. The second kappa shape index (κ2) is 16.7. The maximum atomic E-state index is 9.36. The number of thiophene rings is 5. The SMILES string of the molecule is CCCc1cc(C=C(C)C#N)sc1-c1cc(CCC)c(-c2ccc(-c3sc(-c4sc(C=C(C#N)C#N)cc4CCC)cc3CCC)s2)s1. The number of aryl methyl sites for hydroxylation is 4. The van der Waals surface area contributed by atoms with E-state index in [-0.39, 0.29) is 5.57 Å². The number of nitrogens with zero attached hydrogens (tertiary/aromatic N) is 3. The second-order valence-corrected chi connectivity index (χ2v) is 17.2. The van der Waals surface area contributed by atoms with Gasteiger partial charge in [-0.05, 0) is 103 Å². The van der Waals surface area contributed by atoms with Gasteiger partial charge in [-0.25, -0.2) is 0 Å². The van der Waals surface area contributed by atoms with Crippen molar-refractivity contribution in [3.8, 4) is 57.2 Å². The van der Waals surface area contributed by atoms with Crippen molar-refractivity contribution in [1.29, 1.82) is 15.8 Å². The average Bonchev–Trinajstić information content (AvgIpc) is 3.91. The van der Waals surface area contributed by atoms with E-state index in [2.05, 4.69) is 70.2 Å². The van der Waals surface area contributed by atoms with Crippen LogP contribution in [-0.2, 0) is 25.7 Å². The van der Waals surface area contributed by atoms with Crippen molar-refractivity contribution in [3.05, 3.63) is 79.6 Å².